The van der Waals surface area contributed by atoms with E-state index in [1.165, 1.54) is 16.7 Å². The second-order valence-corrected chi connectivity index (χ2v) is 8.69. The number of imidazole rings is 1. The van der Waals surface area contributed by atoms with Crippen molar-refractivity contribution in [3.8, 4) is 11.3 Å². The largest absolute Gasteiger partial charge is 0.342 e. The number of nitrogens with one attached hydrogen (secondary N) is 1. The smallest absolute Gasteiger partial charge is 0.123 e. The van der Waals surface area contributed by atoms with Crippen molar-refractivity contribution in [2.24, 2.45) is 0 Å². The molecule has 4 aromatic carbocycles. The molecule has 0 unspecified atom stereocenters. The van der Waals surface area contributed by atoms with Gasteiger partial charge in [0.2, 0.25) is 0 Å². The van der Waals surface area contributed by atoms with Crippen molar-refractivity contribution >= 4 is 13.4 Å². The van der Waals surface area contributed by atoms with Gasteiger partial charge in [-0.1, -0.05) is 116 Å². The predicted molar refractivity (Wildman–Crippen MR) is 153 cm³/mol. The molecule has 0 aliphatic carbocycles. The van der Waals surface area contributed by atoms with Gasteiger partial charge in [-0.2, -0.15) is 0 Å². The van der Waals surface area contributed by atoms with E-state index in [0.29, 0.717) is 12.7 Å². The molecule has 2 nitrogen and oxygen atoms in total. The van der Waals surface area contributed by atoms with Crippen LogP contribution in [0.1, 0.15) is 35.0 Å². The monoisotopic (exact) mass is 484 g/mol. The number of hydrogen-bond donors (Lipinski definition) is 1. The SMILES string of the molecule is CCc1cc(F)cc(Cc2ncc(-c3ccccc3)[nH]2)c1.[B]CC=C(c1ccccc1)c1ccccc1. The molecule has 1 heterocycles. The van der Waals surface area contributed by atoms with Crippen LogP contribution in [0.4, 0.5) is 4.39 Å². The van der Waals surface area contributed by atoms with Crippen LogP contribution in [0, 0.1) is 5.82 Å². The lowest BCUT2D eigenvalue weighted by atomic mass is 9.93. The van der Waals surface area contributed by atoms with E-state index in [1.54, 1.807) is 12.1 Å². The molecule has 0 amide bonds. The van der Waals surface area contributed by atoms with Crippen molar-refractivity contribution in [2.45, 2.75) is 26.1 Å². The van der Waals surface area contributed by atoms with Gasteiger partial charge in [-0.3, -0.25) is 0 Å². The van der Waals surface area contributed by atoms with E-state index in [2.05, 4.69) is 40.3 Å². The number of rotatable bonds is 7. The Balaban J connectivity index is 0.000000180. The Hall–Kier alpha value is -4.18. The number of aryl methyl sites for hydroxylation is 1. The summed E-state index contributed by atoms with van der Waals surface area (Å²) in [4.78, 5) is 7.70. The summed E-state index contributed by atoms with van der Waals surface area (Å²) in [5.74, 6) is 0.667. The topological polar surface area (TPSA) is 28.7 Å². The molecule has 0 fully saturated rings. The van der Waals surface area contributed by atoms with Crippen LogP contribution in [-0.4, -0.2) is 17.8 Å². The molecule has 182 valence electrons. The Morgan fingerprint density at radius 2 is 1.38 bits per heavy atom. The van der Waals surface area contributed by atoms with Gasteiger partial charge in [-0.15, -0.1) is 0 Å². The second-order valence-electron chi connectivity index (χ2n) is 8.69. The van der Waals surface area contributed by atoms with Crippen LogP contribution in [0.2, 0.25) is 6.32 Å². The molecule has 4 heteroatoms. The van der Waals surface area contributed by atoms with Gasteiger partial charge >= 0.3 is 0 Å². The molecule has 5 rings (SSSR count). The number of allylic oxidation sites excluding steroid dienone is 1. The van der Waals surface area contributed by atoms with E-state index < -0.39 is 0 Å². The number of H-pyrrole nitrogens is 1. The molecule has 5 aromatic rings. The average molecular weight is 484 g/mol. The first-order valence-corrected chi connectivity index (χ1v) is 12.5. The van der Waals surface area contributed by atoms with Crippen LogP contribution >= 0.6 is 0 Å². The highest BCUT2D eigenvalue weighted by molar-refractivity contribution is 6.10. The molecule has 37 heavy (non-hydrogen) atoms. The normalized spacial score (nSPS) is 10.3. The Morgan fingerprint density at radius 3 is 1.95 bits per heavy atom. The minimum Gasteiger partial charge on any atom is -0.342 e. The summed E-state index contributed by atoms with van der Waals surface area (Å²) in [6.45, 7) is 2.03. The van der Waals surface area contributed by atoms with Gasteiger partial charge in [0.1, 0.15) is 11.6 Å². The summed E-state index contributed by atoms with van der Waals surface area (Å²) in [6, 6.07) is 35.9. The molecule has 0 aliphatic rings. The molecule has 0 aliphatic heterocycles. The van der Waals surface area contributed by atoms with Gasteiger partial charge in [0.05, 0.1) is 19.7 Å². The zero-order valence-corrected chi connectivity index (χ0v) is 21.1. The Kier molecular flexibility index (Phi) is 9.26. The lowest BCUT2D eigenvalue weighted by Gasteiger charge is -2.07. The Labute approximate surface area is 220 Å². The second kappa shape index (κ2) is 13.2. The van der Waals surface area contributed by atoms with Gasteiger partial charge in [-0.05, 0) is 51.9 Å². The van der Waals surface area contributed by atoms with E-state index >= 15 is 0 Å². The third kappa shape index (κ3) is 7.41. The first kappa shape index (κ1) is 25.9. The summed E-state index contributed by atoms with van der Waals surface area (Å²) in [5, 5.41) is 0. The zero-order valence-electron chi connectivity index (χ0n) is 21.1. The van der Waals surface area contributed by atoms with Crippen LogP contribution in [0.5, 0.6) is 0 Å². The first-order valence-electron chi connectivity index (χ1n) is 12.5. The number of aromatic amines is 1. The van der Waals surface area contributed by atoms with Crippen LogP contribution in [0.3, 0.4) is 0 Å². The van der Waals surface area contributed by atoms with Crippen molar-refractivity contribution in [2.75, 3.05) is 0 Å². The molecule has 0 atom stereocenters. The molecule has 0 bridgehead atoms. The summed E-state index contributed by atoms with van der Waals surface area (Å²) >= 11 is 0. The zero-order chi connectivity index (χ0) is 25.9. The fourth-order valence-corrected chi connectivity index (χ4v) is 4.19. The summed E-state index contributed by atoms with van der Waals surface area (Å²) in [6.07, 6.45) is 5.88. The standard InChI is InChI=1S/C18H17FN2.C15H13B/c1-2-13-8-14(10-16(19)9-13)11-18-20-12-17(21-18)15-6-4-3-5-7-15;16-12-11-15(13-7-3-1-4-8-13)14-9-5-2-6-10-14/h3-10,12H,2,11H2,1H3,(H,20,21);1-11H,12H2. The molecular formula is C33H30BFN2. The maximum absolute atomic E-state index is 13.6. The quantitative estimate of drug-likeness (QED) is 0.233. The highest BCUT2D eigenvalue weighted by atomic mass is 19.1. The number of nitrogens with zero attached hydrogens (tertiary/aromatic N) is 1. The number of halogens is 1. The van der Waals surface area contributed by atoms with Gasteiger partial charge in [0, 0.05) is 6.42 Å². The fraction of sp³-hybridized carbons (Fsp3) is 0.121. The van der Waals surface area contributed by atoms with Crippen molar-refractivity contribution in [1.29, 1.82) is 0 Å². The molecule has 0 spiro atoms. The van der Waals surface area contributed by atoms with Crippen LogP contribution in [-0.2, 0) is 12.8 Å². The van der Waals surface area contributed by atoms with Crippen molar-refractivity contribution in [1.82, 2.24) is 9.97 Å². The third-order valence-electron chi connectivity index (χ3n) is 6.00. The van der Waals surface area contributed by atoms with E-state index in [4.69, 9.17) is 7.85 Å². The highest BCUT2D eigenvalue weighted by Gasteiger charge is 2.06. The third-order valence-corrected chi connectivity index (χ3v) is 6.00. The molecule has 2 radical (unpaired) electrons. The molecule has 0 saturated carbocycles. The van der Waals surface area contributed by atoms with Crippen LogP contribution in [0.25, 0.3) is 16.8 Å². The van der Waals surface area contributed by atoms with Crippen molar-refractivity contribution in [3.05, 3.63) is 155 Å². The van der Waals surface area contributed by atoms with Crippen LogP contribution < -0.4 is 0 Å². The summed E-state index contributed by atoms with van der Waals surface area (Å²) in [5.41, 5.74) is 7.66. The average Bonchev–Trinajstić information content (AvgIpc) is 3.41. The number of aromatic nitrogens is 2. The minimum absolute atomic E-state index is 0.181. The van der Waals surface area contributed by atoms with E-state index in [0.717, 1.165) is 34.6 Å². The Bertz CT molecular complexity index is 1370. The molecule has 1 aromatic heterocycles. The summed E-state index contributed by atoms with van der Waals surface area (Å²) < 4.78 is 13.6. The van der Waals surface area contributed by atoms with Gasteiger partial charge < -0.3 is 4.98 Å². The highest BCUT2D eigenvalue weighted by Crippen LogP contribution is 2.23. The van der Waals surface area contributed by atoms with Gasteiger partial charge in [0.25, 0.3) is 0 Å². The van der Waals surface area contributed by atoms with E-state index in [1.807, 2.05) is 85.9 Å². The van der Waals surface area contributed by atoms with Crippen molar-refractivity contribution < 1.29 is 4.39 Å². The van der Waals surface area contributed by atoms with Crippen LogP contribution in [0.15, 0.2) is 121 Å². The lowest BCUT2D eigenvalue weighted by molar-refractivity contribution is 0.623. The van der Waals surface area contributed by atoms with Gasteiger partial charge in [-0.25, -0.2) is 9.37 Å². The molecular weight excluding hydrogens is 454 g/mol. The molecule has 0 saturated heterocycles. The molecule has 1 N–H and O–H groups in total. The summed E-state index contributed by atoms with van der Waals surface area (Å²) in [7, 11) is 5.63. The maximum Gasteiger partial charge on any atom is 0.123 e. The minimum atomic E-state index is -0.181. The van der Waals surface area contributed by atoms with E-state index in [-0.39, 0.29) is 5.82 Å². The van der Waals surface area contributed by atoms with Crippen molar-refractivity contribution in [3.63, 3.8) is 0 Å². The Morgan fingerprint density at radius 1 is 0.811 bits per heavy atom. The van der Waals surface area contributed by atoms with Gasteiger partial charge in [0.15, 0.2) is 0 Å². The number of hydrogen-bond acceptors (Lipinski definition) is 1. The lowest BCUT2D eigenvalue weighted by Crippen LogP contribution is -1.94. The maximum atomic E-state index is 13.6. The first-order chi connectivity index (χ1) is 18.2. The predicted octanol–water partition coefficient (Wildman–Crippen LogP) is 8.07. The number of benzene rings is 4. The van der Waals surface area contributed by atoms with E-state index in [9.17, 15) is 4.39 Å². The fourth-order valence-electron chi connectivity index (χ4n) is 4.19.